The molecule has 0 aliphatic rings. The first kappa shape index (κ1) is 15.9. The van der Waals surface area contributed by atoms with Crippen LogP contribution in [0.3, 0.4) is 0 Å². The first-order valence-electron chi connectivity index (χ1n) is 7.59. The summed E-state index contributed by atoms with van der Waals surface area (Å²) in [5, 5.41) is 9.56. The molecular formula is C18H21N3OS. The Labute approximate surface area is 140 Å². The number of rotatable bonds is 4. The molecule has 0 saturated carbocycles. The highest BCUT2D eigenvalue weighted by Crippen LogP contribution is 2.27. The first-order valence-corrected chi connectivity index (χ1v) is 8.82. The van der Waals surface area contributed by atoms with E-state index in [9.17, 15) is 0 Å². The largest absolute Gasteiger partial charge is 0.467 e. The summed E-state index contributed by atoms with van der Waals surface area (Å²) in [5.74, 6) is 1.76. The molecule has 0 radical (unpaired) electrons. The summed E-state index contributed by atoms with van der Waals surface area (Å²) in [6, 6.07) is 12.4. The third-order valence-electron chi connectivity index (χ3n) is 3.80. The van der Waals surface area contributed by atoms with Crippen molar-refractivity contribution < 1.29 is 4.42 Å². The van der Waals surface area contributed by atoms with Gasteiger partial charge in [0.1, 0.15) is 5.76 Å². The average Bonchev–Trinajstić information content (AvgIpc) is 3.16. The summed E-state index contributed by atoms with van der Waals surface area (Å²) in [7, 11) is 0. The van der Waals surface area contributed by atoms with Gasteiger partial charge in [0.15, 0.2) is 11.0 Å². The molecule has 2 aromatic heterocycles. The molecule has 0 spiro atoms. The maximum atomic E-state index is 5.48. The highest BCUT2D eigenvalue weighted by Gasteiger charge is 2.17. The summed E-state index contributed by atoms with van der Waals surface area (Å²) < 4.78 is 7.57. The van der Waals surface area contributed by atoms with Gasteiger partial charge < -0.3 is 4.42 Å². The maximum absolute atomic E-state index is 5.48. The van der Waals surface area contributed by atoms with Crippen molar-refractivity contribution in [2.45, 2.75) is 37.9 Å². The fourth-order valence-electron chi connectivity index (χ4n) is 2.47. The fourth-order valence-corrected chi connectivity index (χ4v) is 2.97. The van der Waals surface area contributed by atoms with E-state index in [0.717, 1.165) is 22.3 Å². The lowest BCUT2D eigenvalue weighted by atomic mass is 9.87. The number of hydrogen-bond acceptors (Lipinski definition) is 4. The Balaban J connectivity index is 1.98. The van der Waals surface area contributed by atoms with Gasteiger partial charge in [0.05, 0.1) is 12.8 Å². The zero-order chi connectivity index (χ0) is 16.4. The van der Waals surface area contributed by atoms with Crippen LogP contribution >= 0.6 is 11.8 Å². The van der Waals surface area contributed by atoms with E-state index in [1.807, 2.05) is 18.4 Å². The van der Waals surface area contributed by atoms with E-state index in [2.05, 4.69) is 59.8 Å². The Hall–Kier alpha value is -2.01. The second-order valence-electron chi connectivity index (χ2n) is 6.50. The van der Waals surface area contributed by atoms with Crippen molar-refractivity contribution in [1.29, 1.82) is 0 Å². The van der Waals surface area contributed by atoms with Gasteiger partial charge in [0.25, 0.3) is 0 Å². The second kappa shape index (κ2) is 6.24. The average molecular weight is 327 g/mol. The Morgan fingerprint density at radius 2 is 1.83 bits per heavy atom. The standard InChI is InChI=1S/C18H21N3OS/c1-18(2,3)14-9-7-13(8-10-14)16-19-20-17(23-4)21(16)12-15-6-5-11-22-15/h5-11H,12H2,1-4H3. The van der Waals surface area contributed by atoms with E-state index >= 15 is 0 Å². The van der Waals surface area contributed by atoms with Gasteiger partial charge in [-0.1, -0.05) is 56.8 Å². The van der Waals surface area contributed by atoms with E-state index in [1.165, 1.54) is 5.56 Å². The topological polar surface area (TPSA) is 43.9 Å². The molecule has 0 atom stereocenters. The van der Waals surface area contributed by atoms with Crippen LogP contribution in [0.5, 0.6) is 0 Å². The van der Waals surface area contributed by atoms with Crippen molar-refractivity contribution in [3.63, 3.8) is 0 Å². The van der Waals surface area contributed by atoms with Gasteiger partial charge in [-0.25, -0.2) is 0 Å². The van der Waals surface area contributed by atoms with Gasteiger partial charge in [-0.05, 0) is 29.4 Å². The number of thioether (sulfide) groups is 1. The molecule has 0 amide bonds. The van der Waals surface area contributed by atoms with Crippen molar-refractivity contribution in [2.24, 2.45) is 0 Å². The second-order valence-corrected chi connectivity index (χ2v) is 7.28. The SMILES string of the molecule is CSc1nnc(-c2ccc(C(C)(C)C)cc2)n1Cc1ccco1. The zero-order valence-electron chi connectivity index (χ0n) is 13.9. The molecule has 0 aliphatic heterocycles. The zero-order valence-corrected chi connectivity index (χ0v) is 14.7. The van der Waals surface area contributed by atoms with Crippen LogP contribution in [-0.2, 0) is 12.0 Å². The molecule has 1 aromatic carbocycles. The van der Waals surface area contributed by atoms with Crippen LogP contribution < -0.4 is 0 Å². The lowest BCUT2D eigenvalue weighted by molar-refractivity contribution is 0.485. The van der Waals surface area contributed by atoms with Crippen molar-refractivity contribution >= 4 is 11.8 Å². The minimum Gasteiger partial charge on any atom is -0.467 e. The van der Waals surface area contributed by atoms with E-state index in [-0.39, 0.29) is 5.41 Å². The summed E-state index contributed by atoms with van der Waals surface area (Å²) in [6.07, 6.45) is 3.70. The minimum atomic E-state index is 0.144. The van der Waals surface area contributed by atoms with Crippen LogP contribution in [0.4, 0.5) is 0 Å². The van der Waals surface area contributed by atoms with E-state index in [0.29, 0.717) is 6.54 Å². The summed E-state index contributed by atoms with van der Waals surface area (Å²) in [5.41, 5.74) is 2.52. The van der Waals surface area contributed by atoms with Crippen molar-refractivity contribution in [1.82, 2.24) is 14.8 Å². The highest BCUT2D eigenvalue weighted by molar-refractivity contribution is 7.98. The lowest BCUT2D eigenvalue weighted by Gasteiger charge is -2.19. The highest BCUT2D eigenvalue weighted by atomic mass is 32.2. The van der Waals surface area contributed by atoms with Crippen molar-refractivity contribution in [3.05, 3.63) is 54.0 Å². The third-order valence-corrected chi connectivity index (χ3v) is 4.47. The summed E-state index contributed by atoms with van der Waals surface area (Å²) in [6.45, 7) is 7.28. The monoisotopic (exact) mass is 327 g/mol. The molecule has 0 fully saturated rings. The molecule has 3 rings (SSSR count). The van der Waals surface area contributed by atoms with E-state index in [1.54, 1.807) is 18.0 Å². The molecule has 23 heavy (non-hydrogen) atoms. The summed E-state index contributed by atoms with van der Waals surface area (Å²) in [4.78, 5) is 0. The van der Waals surface area contributed by atoms with Crippen LogP contribution in [0.1, 0.15) is 32.1 Å². The molecule has 5 heteroatoms. The fraction of sp³-hybridized carbons (Fsp3) is 0.333. The van der Waals surface area contributed by atoms with Crippen molar-refractivity contribution in [2.75, 3.05) is 6.26 Å². The molecule has 0 bridgehead atoms. The van der Waals surface area contributed by atoms with Gasteiger partial charge in [0.2, 0.25) is 0 Å². The van der Waals surface area contributed by atoms with Crippen molar-refractivity contribution in [3.8, 4) is 11.4 Å². The summed E-state index contributed by atoms with van der Waals surface area (Å²) >= 11 is 1.59. The molecule has 120 valence electrons. The lowest BCUT2D eigenvalue weighted by Crippen LogP contribution is -2.10. The number of nitrogens with zero attached hydrogens (tertiary/aromatic N) is 3. The molecule has 0 N–H and O–H groups in total. The Kier molecular flexibility index (Phi) is 4.31. The Morgan fingerprint density at radius 3 is 2.39 bits per heavy atom. The number of benzene rings is 1. The van der Waals surface area contributed by atoms with Gasteiger partial charge in [-0.15, -0.1) is 10.2 Å². The smallest absolute Gasteiger partial charge is 0.191 e. The maximum Gasteiger partial charge on any atom is 0.191 e. The Morgan fingerprint density at radius 1 is 1.09 bits per heavy atom. The predicted molar refractivity (Wildman–Crippen MR) is 93.7 cm³/mol. The molecule has 0 aliphatic carbocycles. The number of furan rings is 1. The molecule has 0 saturated heterocycles. The number of aromatic nitrogens is 3. The van der Waals surface area contributed by atoms with Crippen LogP contribution in [0.25, 0.3) is 11.4 Å². The predicted octanol–water partition coefficient (Wildman–Crippen LogP) is 4.61. The first-order chi connectivity index (χ1) is 11.0. The van der Waals surface area contributed by atoms with Crippen LogP contribution in [0, 0.1) is 0 Å². The van der Waals surface area contributed by atoms with Crippen LogP contribution in [-0.4, -0.2) is 21.0 Å². The molecule has 3 aromatic rings. The van der Waals surface area contributed by atoms with E-state index < -0.39 is 0 Å². The Bertz CT molecular complexity index is 768. The van der Waals surface area contributed by atoms with Gasteiger partial charge in [-0.2, -0.15) is 0 Å². The minimum absolute atomic E-state index is 0.144. The van der Waals surface area contributed by atoms with Crippen LogP contribution in [0.2, 0.25) is 0 Å². The van der Waals surface area contributed by atoms with Crippen LogP contribution in [0.15, 0.2) is 52.2 Å². The van der Waals surface area contributed by atoms with E-state index in [4.69, 9.17) is 4.42 Å². The number of hydrogen-bond donors (Lipinski definition) is 0. The van der Waals surface area contributed by atoms with Gasteiger partial charge in [-0.3, -0.25) is 4.57 Å². The quantitative estimate of drug-likeness (QED) is 0.657. The molecule has 4 nitrogen and oxygen atoms in total. The van der Waals surface area contributed by atoms with Gasteiger partial charge >= 0.3 is 0 Å². The normalized spacial score (nSPS) is 11.8. The molecule has 0 unspecified atom stereocenters. The van der Waals surface area contributed by atoms with Gasteiger partial charge in [0, 0.05) is 5.56 Å². The third kappa shape index (κ3) is 3.34. The molecular weight excluding hydrogens is 306 g/mol. The molecule has 2 heterocycles.